The van der Waals surface area contributed by atoms with E-state index >= 15 is 0 Å². The molecule has 0 amide bonds. The molecule has 0 atom stereocenters. The average molecular weight is 252 g/mol. The van der Waals surface area contributed by atoms with Crippen LogP contribution in [-0.2, 0) is 13.1 Å². The molecule has 1 aliphatic heterocycles. The molecule has 1 aromatic heterocycles. The first-order chi connectivity index (χ1) is 8.03. The lowest BCUT2D eigenvalue weighted by molar-refractivity contribution is 0.166. The van der Waals surface area contributed by atoms with E-state index < -0.39 is 0 Å². The maximum Gasteiger partial charge on any atom is 0.0296 e. The molecular weight excluding hydrogens is 228 g/mol. The van der Waals surface area contributed by atoms with Gasteiger partial charge in [0.1, 0.15) is 0 Å². The minimum Gasteiger partial charge on any atom is -0.315 e. The third-order valence-corrected chi connectivity index (χ3v) is 4.95. The maximum atomic E-state index is 3.23. The van der Waals surface area contributed by atoms with Gasteiger partial charge in [-0.1, -0.05) is 0 Å². The van der Waals surface area contributed by atoms with Crippen LogP contribution in [0.2, 0.25) is 0 Å². The number of rotatable bonds is 4. The van der Waals surface area contributed by atoms with Crippen LogP contribution in [0.3, 0.4) is 0 Å². The van der Waals surface area contributed by atoms with Crippen molar-refractivity contribution in [1.82, 2.24) is 10.2 Å². The molecule has 1 fully saturated rings. The fraction of sp³-hybridized carbons (Fsp3) is 0.714. The van der Waals surface area contributed by atoms with Gasteiger partial charge in [-0.25, -0.2) is 0 Å². The molecular formula is C14H24N2S. The van der Waals surface area contributed by atoms with Crippen molar-refractivity contribution in [2.45, 2.75) is 52.2 Å². The molecule has 0 unspecified atom stereocenters. The summed E-state index contributed by atoms with van der Waals surface area (Å²) in [6.45, 7) is 10.4. The number of hydrogen-bond acceptors (Lipinski definition) is 3. The fourth-order valence-electron chi connectivity index (χ4n) is 2.67. The Kier molecular flexibility index (Phi) is 3.91. The maximum absolute atomic E-state index is 3.23. The van der Waals surface area contributed by atoms with Crippen molar-refractivity contribution in [3.05, 3.63) is 21.4 Å². The second-order valence-electron chi connectivity index (χ2n) is 5.66. The van der Waals surface area contributed by atoms with Gasteiger partial charge in [-0.2, -0.15) is 0 Å². The van der Waals surface area contributed by atoms with Crippen molar-refractivity contribution < 1.29 is 0 Å². The highest BCUT2D eigenvalue weighted by Gasteiger charge is 2.31. The molecule has 0 aromatic carbocycles. The van der Waals surface area contributed by atoms with E-state index in [1.165, 1.54) is 34.7 Å². The molecule has 2 heterocycles. The number of likely N-dealkylation sites (tertiary alicyclic amines) is 1. The Bertz CT molecular complexity index is 382. The van der Waals surface area contributed by atoms with Crippen molar-refractivity contribution in [2.24, 2.45) is 0 Å². The number of hydrogen-bond donors (Lipinski definition) is 1. The summed E-state index contributed by atoms with van der Waals surface area (Å²) in [6.07, 6.45) is 2.68. The highest BCUT2D eigenvalue weighted by Crippen LogP contribution is 2.32. The Morgan fingerprint density at radius 2 is 2.24 bits per heavy atom. The van der Waals surface area contributed by atoms with Crippen molar-refractivity contribution in [3.63, 3.8) is 0 Å². The van der Waals surface area contributed by atoms with Crippen LogP contribution in [0, 0.1) is 6.92 Å². The first-order valence-corrected chi connectivity index (χ1v) is 7.32. The van der Waals surface area contributed by atoms with E-state index in [2.05, 4.69) is 37.1 Å². The lowest BCUT2D eigenvalue weighted by Crippen LogP contribution is -2.37. The Morgan fingerprint density at radius 1 is 1.47 bits per heavy atom. The molecule has 1 aliphatic rings. The van der Waals surface area contributed by atoms with Crippen molar-refractivity contribution in [3.8, 4) is 0 Å². The van der Waals surface area contributed by atoms with Gasteiger partial charge < -0.3 is 5.32 Å². The number of nitrogens with zero attached hydrogens (tertiary/aromatic N) is 1. The lowest BCUT2D eigenvalue weighted by Gasteiger charge is -2.31. The van der Waals surface area contributed by atoms with Crippen molar-refractivity contribution >= 4 is 11.3 Å². The van der Waals surface area contributed by atoms with Gasteiger partial charge in [0.15, 0.2) is 0 Å². The van der Waals surface area contributed by atoms with E-state index in [0.29, 0.717) is 5.54 Å². The SMILES string of the molecule is CNCc1cc(CN2CCCC2(C)C)c(C)s1. The van der Waals surface area contributed by atoms with E-state index in [1.54, 1.807) is 0 Å². The number of thiophene rings is 1. The van der Waals surface area contributed by atoms with E-state index in [0.717, 1.165) is 13.1 Å². The zero-order valence-corrected chi connectivity index (χ0v) is 12.3. The molecule has 2 nitrogen and oxygen atoms in total. The molecule has 0 radical (unpaired) electrons. The summed E-state index contributed by atoms with van der Waals surface area (Å²) in [5.74, 6) is 0. The molecule has 1 N–H and O–H groups in total. The zero-order valence-electron chi connectivity index (χ0n) is 11.5. The zero-order chi connectivity index (χ0) is 12.5. The van der Waals surface area contributed by atoms with Crippen LogP contribution in [-0.4, -0.2) is 24.0 Å². The van der Waals surface area contributed by atoms with E-state index in [9.17, 15) is 0 Å². The Balaban J connectivity index is 2.08. The molecule has 0 aliphatic carbocycles. The highest BCUT2D eigenvalue weighted by atomic mass is 32.1. The van der Waals surface area contributed by atoms with Gasteiger partial charge in [0.05, 0.1) is 0 Å². The molecule has 3 heteroatoms. The van der Waals surface area contributed by atoms with Gasteiger partial charge in [0.25, 0.3) is 0 Å². The van der Waals surface area contributed by atoms with Crippen LogP contribution in [0.25, 0.3) is 0 Å². The van der Waals surface area contributed by atoms with Crippen LogP contribution in [0.5, 0.6) is 0 Å². The van der Waals surface area contributed by atoms with Crippen LogP contribution in [0.1, 0.15) is 42.0 Å². The predicted molar refractivity (Wildman–Crippen MR) is 75.5 cm³/mol. The number of nitrogens with one attached hydrogen (secondary N) is 1. The van der Waals surface area contributed by atoms with Gasteiger partial charge in [0, 0.05) is 28.4 Å². The van der Waals surface area contributed by atoms with Crippen molar-refractivity contribution in [1.29, 1.82) is 0 Å². The summed E-state index contributed by atoms with van der Waals surface area (Å²) in [7, 11) is 2.01. The minimum absolute atomic E-state index is 0.386. The van der Waals surface area contributed by atoms with Crippen molar-refractivity contribution in [2.75, 3.05) is 13.6 Å². The summed E-state index contributed by atoms with van der Waals surface area (Å²) < 4.78 is 0. The van der Waals surface area contributed by atoms with Gasteiger partial charge in [-0.3, -0.25) is 4.90 Å². The summed E-state index contributed by atoms with van der Waals surface area (Å²) in [5, 5.41) is 3.23. The smallest absolute Gasteiger partial charge is 0.0296 e. The summed E-state index contributed by atoms with van der Waals surface area (Å²) in [6, 6.07) is 2.38. The van der Waals surface area contributed by atoms with Gasteiger partial charge in [-0.05, 0) is 58.8 Å². The molecule has 0 spiro atoms. The summed E-state index contributed by atoms with van der Waals surface area (Å²) >= 11 is 1.93. The predicted octanol–water partition coefficient (Wildman–Crippen LogP) is 3.15. The van der Waals surface area contributed by atoms with Crippen LogP contribution in [0.4, 0.5) is 0 Å². The third-order valence-electron chi connectivity index (χ3n) is 3.86. The topological polar surface area (TPSA) is 15.3 Å². The van der Waals surface area contributed by atoms with E-state index in [1.807, 2.05) is 18.4 Å². The minimum atomic E-state index is 0.386. The molecule has 96 valence electrons. The molecule has 1 aromatic rings. The first kappa shape index (κ1) is 13.1. The molecule has 2 rings (SSSR count). The quantitative estimate of drug-likeness (QED) is 0.885. The summed E-state index contributed by atoms with van der Waals surface area (Å²) in [5.41, 5.74) is 1.91. The first-order valence-electron chi connectivity index (χ1n) is 6.51. The lowest BCUT2D eigenvalue weighted by atomic mass is 10.0. The Hall–Kier alpha value is -0.380. The van der Waals surface area contributed by atoms with Crippen LogP contribution >= 0.6 is 11.3 Å². The van der Waals surface area contributed by atoms with Gasteiger partial charge in [0.2, 0.25) is 0 Å². The van der Waals surface area contributed by atoms with Gasteiger partial charge >= 0.3 is 0 Å². The normalized spacial score (nSPS) is 20.0. The number of aryl methyl sites for hydroxylation is 1. The van der Waals surface area contributed by atoms with E-state index in [-0.39, 0.29) is 0 Å². The third kappa shape index (κ3) is 2.90. The van der Waals surface area contributed by atoms with E-state index in [4.69, 9.17) is 0 Å². The standard InChI is InChI=1S/C14H24N2S/c1-11-12(8-13(17-11)9-15-4)10-16-7-5-6-14(16,2)3/h8,15H,5-7,9-10H2,1-4H3. The monoisotopic (exact) mass is 252 g/mol. The molecule has 0 saturated carbocycles. The fourth-order valence-corrected chi connectivity index (χ4v) is 3.73. The Morgan fingerprint density at radius 3 is 2.82 bits per heavy atom. The summed E-state index contributed by atoms with van der Waals surface area (Å²) in [4.78, 5) is 5.57. The van der Waals surface area contributed by atoms with Crippen LogP contribution < -0.4 is 5.32 Å². The second-order valence-corrected chi connectivity index (χ2v) is 7.00. The average Bonchev–Trinajstić information content (AvgIpc) is 2.73. The highest BCUT2D eigenvalue weighted by molar-refractivity contribution is 7.12. The van der Waals surface area contributed by atoms with Crippen LogP contribution in [0.15, 0.2) is 6.07 Å². The molecule has 17 heavy (non-hydrogen) atoms. The largest absolute Gasteiger partial charge is 0.315 e. The second kappa shape index (κ2) is 5.09. The molecule has 0 bridgehead atoms. The van der Waals surface area contributed by atoms with Gasteiger partial charge in [-0.15, -0.1) is 11.3 Å². The Labute approximate surface area is 109 Å². The molecule has 1 saturated heterocycles.